The number of nitrogens with zero attached hydrogens (tertiary/aromatic N) is 2. The molecule has 0 unspecified atom stereocenters. The van der Waals surface area contributed by atoms with Crippen LogP contribution in [-0.4, -0.2) is 39.1 Å². The molecule has 0 aliphatic carbocycles. The maximum atomic E-state index is 11.6. The van der Waals surface area contributed by atoms with Crippen molar-refractivity contribution in [2.75, 3.05) is 13.0 Å². The third-order valence-electron chi connectivity index (χ3n) is 5.18. The first-order valence-electron chi connectivity index (χ1n) is 10.3. The molecule has 0 spiro atoms. The zero-order valence-corrected chi connectivity index (χ0v) is 19.4. The van der Waals surface area contributed by atoms with Gasteiger partial charge in [0.05, 0.1) is 24.8 Å². The van der Waals surface area contributed by atoms with Gasteiger partial charge in [0.2, 0.25) is 0 Å². The number of fused-ring (bicyclic) bond motifs is 1. The predicted molar refractivity (Wildman–Crippen MR) is 130 cm³/mol. The summed E-state index contributed by atoms with van der Waals surface area (Å²) in [6, 6.07) is 9.99. The normalized spacial score (nSPS) is 11.7. The number of hydrogen-bond acceptors (Lipinski definition) is 6. The second-order valence-electron chi connectivity index (χ2n) is 7.28. The van der Waals surface area contributed by atoms with Crippen molar-refractivity contribution in [3.8, 4) is 11.1 Å². The van der Waals surface area contributed by atoms with Crippen molar-refractivity contribution in [3.63, 3.8) is 0 Å². The molecule has 0 radical (unpaired) electrons. The van der Waals surface area contributed by atoms with Gasteiger partial charge in [-0.15, -0.1) is 0 Å². The highest BCUT2D eigenvalue weighted by Gasteiger charge is 2.13. The van der Waals surface area contributed by atoms with E-state index < -0.39 is 5.97 Å². The summed E-state index contributed by atoms with van der Waals surface area (Å²) >= 11 is 1.44. The highest BCUT2D eigenvalue weighted by Crippen LogP contribution is 2.31. The van der Waals surface area contributed by atoms with Crippen LogP contribution in [0, 0.1) is 0 Å². The number of carbonyl (C=O) groups excluding carboxylic acids is 1. The van der Waals surface area contributed by atoms with E-state index in [2.05, 4.69) is 17.6 Å². The maximum Gasteiger partial charge on any atom is 0.310 e. The van der Waals surface area contributed by atoms with Gasteiger partial charge in [0.25, 0.3) is 0 Å². The number of esters is 1. The molecule has 2 aromatic heterocycles. The summed E-state index contributed by atoms with van der Waals surface area (Å²) in [5.41, 5.74) is 4.61. The molecule has 0 saturated heterocycles. The number of pyridine rings is 1. The van der Waals surface area contributed by atoms with Crippen LogP contribution in [0.1, 0.15) is 25.3 Å². The van der Waals surface area contributed by atoms with Crippen molar-refractivity contribution in [1.82, 2.24) is 8.96 Å². The van der Waals surface area contributed by atoms with E-state index in [9.17, 15) is 9.59 Å². The van der Waals surface area contributed by atoms with Gasteiger partial charge in [-0.25, -0.2) is 0 Å². The lowest BCUT2D eigenvalue weighted by atomic mass is 10.0. The predicted octanol–water partition coefficient (Wildman–Crippen LogP) is 5.21. The summed E-state index contributed by atoms with van der Waals surface area (Å²) in [4.78, 5) is 26.9. The number of aromatic nitrogens is 2. The topological polar surface area (TPSA) is 90.7 Å². The molecule has 0 aliphatic heterocycles. The molecule has 0 bridgehead atoms. The highest BCUT2D eigenvalue weighted by atomic mass is 32.2. The molecule has 33 heavy (non-hydrogen) atoms. The number of benzene rings is 1. The number of ether oxygens (including phenoxy) is 2. The lowest BCUT2D eigenvalue weighted by Gasteiger charge is -2.11. The summed E-state index contributed by atoms with van der Waals surface area (Å²) in [6.07, 6.45) is 7.65. The van der Waals surface area contributed by atoms with Crippen LogP contribution in [0.3, 0.4) is 0 Å². The summed E-state index contributed by atoms with van der Waals surface area (Å²) in [5.74, 6) is -0.288. The number of hydrogen-bond donors (Lipinski definition) is 1. The van der Waals surface area contributed by atoms with Crippen molar-refractivity contribution in [1.29, 1.82) is 0 Å². The van der Waals surface area contributed by atoms with Crippen molar-refractivity contribution >= 4 is 34.8 Å². The second-order valence-corrected chi connectivity index (χ2v) is 8.16. The van der Waals surface area contributed by atoms with Gasteiger partial charge in [0.15, 0.2) is 5.94 Å². The van der Waals surface area contributed by atoms with E-state index in [1.807, 2.05) is 34.4 Å². The smallest absolute Gasteiger partial charge is 0.310 e. The Morgan fingerprint density at radius 1 is 1.27 bits per heavy atom. The van der Waals surface area contributed by atoms with Gasteiger partial charge in [-0.05, 0) is 54.6 Å². The van der Waals surface area contributed by atoms with E-state index in [1.165, 1.54) is 19.1 Å². The first-order chi connectivity index (χ1) is 15.9. The molecule has 172 valence electrons. The number of carbonyl (C=O) groups is 2. The van der Waals surface area contributed by atoms with Crippen LogP contribution < -0.4 is 0 Å². The third-order valence-corrected chi connectivity index (χ3v) is 5.99. The van der Waals surface area contributed by atoms with Gasteiger partial charge >= 0.3 is 11.9 Å². The summed E-state index contributed by atoms with van der Waals surface area (Å²) in [7, 11) is 1.34. The maximum absolute atomic E-state index is 11.6. The van der Waals surface area contributed by atoms with E-state index in [1.54, 1.807) is 25.4 Å². The zero-order chi connectivity index (χ0) is 23.8. The van der Waals surface area contributed by atoms with Crippen molar-refractivity contribution in [3.05, 3.63) is 78.5 Å². The van der Waals surface area contributed by atoms with Gasteiger partial charge in [0.1, 0.15) is 0 Å². The number of rotatable bonds is 11. The zero-order valence-electron chi connectivity index (χ0n) is 18.6. The average Bonchev–Trinajstić information content (AvgIpc) is 3.18. The number of carboxylic acid groups (broad SMARTS) is 1. The minimum Gasteiger partial charge on any atom is -0.486 e. The van der Waals surface area contributed by atoms with Gasteiger partial charge < -0.3 is 14.6 Å². The number of aliphatic carboxylic acids is 1. The summed E-state index contributed by atoms with van der Waals surface area (Å²) in [6.45, 7) is 5.52. The highest BCUT2D eigenvalue weighted by molar-refractivity contribution is 7.97. The van der Waals surface area contributed by atoms with Gasteiger partial charge in [-0.1, -0.05) is 24.8 Å². The Balaban J connectivity index is 1.84. The molecule has 0 amide bonds. The van der Waals surface area contributed by atoms with Crippen LogP contribution >= 0.6 is 11.9 Å². The minimum absolute atomic E-state index is 0.0511. The Morgan fingerprint density at radius 2 is 2.09 bits per heavy atom. The van der Waals surface area contributed by atoms with Crippen molar-refractivity contribution in [2.45, 2.75) is 26.2 Å². The third kappa shape index (κ3) is 6.26. The Morgan fingerprint density at radius 3 is 2.76 bits per heavy atom. The van der Waals surface area contributed by atoms with E-state index in [0.717, 1.165) is 27.6 Å². The Hall–Kier alpha value is -3.52. The van der Waals surface area contributed by atoms with Gasteiger partial charge in [-0.3, -0.25) is 18.5 Å². The van der Waals surface area contributed by atoms with Crippen LogP contribution in [0.2, 0.25) is 0 Å². The van der Waals surface area contributed by atoms with Crippen molar-refractivity contribution in [2.24, 2.45) is 0 Å². The minimum atomic E-state index is -0.835. The molecule has 8 heteroatoms. The quantitative estimate of drug-likeness (QED) is 0.179. The molecule has 0 atom stereocenters. The Bertz CT molecular complexity index is 1180. The fraction of sp³-hybridized carbons (Fsp3) is 0.240. The van der Waals surface area contributed by atoms with E-state index >= 15 is 0 Å². The Kier molecular flexibility index (Phi) is 8.32. The molecule has 1 N–H and O–H groups in total. The summed E-state index contributed by atoms with van der Waals surface area (Å²) < 4.78 is 12.5. The van der Waals surface area contributed by atoms with Crippen LogP contribution in [-0.2, 0) is 25.5 Å². The largest absolute Gasteiger partial charge is 0.486 e. The number of carboxylic acids is 1. The fourth-order valence-corrected chi connectivity index (χ4v) is 4.20. The lowest BCUT2D eigenvalue weighted by molar-refractivity contribution is -0.140. The molecule has 3 rings (SSSR count). The van der Waals surface area contributed by atoms with Gasteiger partial charge in [0, 0.05) is 41.5 Å². The van der Waals surface area contributed by atoms with Crippen LogP contribution in [0.5, 0.6) is 0 Å². The number of aryl methyl sites for hydroxylation is 1. The van der Waals surface area contributed by atoms with Crippen LogP contribution in [0.4, 0.5) is 0 Å². The summed E-state index contributed by atoms with van der Waals surface area (Å²) in [5, 5.41) is 10.2. The molecule has 2 heterocycles. The molecular weight excluding hydrogens is 440 g/mol. The monoisotopic (exact) mass is 466 g/mol. The second kappa shape index (κ2) is 11.4. The lowest BCUT2D eigenvalue weighted by Crippen LogP contribution is -2.03. The standard InChI is InChI=1S/C25H26N2O5S/c1-4-18(13-25(30)31-3)17(2)32-16-33-27-15-21(8-10-24(28)29)22-12-19(7-9-23(22)27)20-6-5-11-26-14-20/h4-7,9,11-12,14-15H,1,8,10,13,16H2,2-3H3,(H,28,29)/b18-17+. The Labute approximate surface area is 196 Å². The average molecular weight is 467 g/mol. The van der Waals surface area contributed by atoms with E-state index in [4.69, 9.17) is 14.6 Å². The van der Waals surface area contributed by atoms with E-state index in [0.29, 0.717) is 23.7 Å². The first kappa shape index (κ1) is 24.1. The van der Waals surface area contributed by atoms with Crippen LogP contribution in [0.15, 0.2) is 72.9 Å². The number of methoxy groups -OCH3 is 1. The fourth-order valence-electron chi connectivity index (χ4n) is 3.36. The number of allylic oxidation sites excluding steroid dienone is 2. The van der Waals surface area contributed by atoms with Crippen molar-refractivity contribution < 1.29 is 24.2 Å². The van der Waals surface area contributed by atoms with E-state index in [-0.39, 0.29) is 18.8 Å². The first-order valence-corrected chi connectivity index (χ1v) is 11.3. The molecule has 3 aromatic rings. The molecule has 0 aliphatic rings. The molecular formula is C25H26N2O5S. The van der Waals surface area contributed by atoms with Crippen LogP contribution in [0.25, 0.3) is 22.0 Å². The van der Waals surface area contributed by atoms with Gasteiger partial charge in [-0.2, -0.15) is 0 Å². The molecule has 0 fully saturated rings. The molecule has 7 nitrogen and oxygen atoms in total. The SMILES string of the molecule is C=C/C(CC(=O)OC)=C(/C)OCSn1cc(CCC(=O)O)c2cc(-c3cccnc3)ccc21. The molecule has 1 aromatic carbocycles. The molecule has 0 saturated carbocycles.